The van der Waals surface area contributed by atoms with Crippen LogP contribution in [0.15, 0.2) is 0 Å². The van der Waals surface area contributed by atoms with Gasteiger partial charge in [-0.05, 0) is 13.8 Å². The van der Waals surface area contributed by atoms with Gasteiger partial charge in [-0.2, -0.15) is 0 Å². The number of hydrogen-bond donors (Lipinski definition) is 0. The highest BCUT2D eigenvalue weighted by molar-refractivity contribution is 5.86. The summed E-state index contributed by atoms with van der Waals surface area (Å²) in [5, 5.41) is 0. The van der Waals surface area contributed by atoms with E-state index in [0.29, 0.717) is 0 Å². The van der Waals surface area contributed by atoms with E-state index < -0.39 is 24.1 Å². The Morgan fingerprint density at radius 2 is 1.30 bits per heavy atom. The van der Waals surface area contributed by atoms with Gasteiger partial charge in [0.25, 0.3) is 0 Å². The predicted molar refractivity (Wildman–Crippen MR) is 31.1 cm³/mol. The number of cyclic esters (lactones) is 2. The minimum Gasteiger partial charge on any atom is -0.448 e. The minimum absolute atomic E-state index is 0.480. The van der Waals surface area contributed by atoms with Crippen molar-refractivity contribution in [1.29, 1.82) is 0 Å². The molecular weight excluding hydrogens is 142 g/mol. The molecule has 0 aromatic heterocycles. The summed E-state index contributed by atoms with van der Waals surface area (Å²) in [6, 6.07) is 0. The van der Waals surface area contributed by atoms with Crippen molar-refractivity contribution in [3.8, 4) is 0 Å². The first-order valence-corrected chi connectivity index (χ1v) is 3.02. The fourth-order valence-electron chi connectivity index (χ4n) is 0.636. The Kier molecular flexibility index (Phi) is 1.61. The van der Waals surface area contributed by atoms with Crippen LogP contribution < -0.4 is 0 Å². The standard InChI is InChI=1S/C6H8O4/c1-3-5(7)10-4(2)6(8)9-3/h3-4H,1-2H3/t3-,4-/m0/s1/i1+1,2+1,3+1,4+1,5+1,6+1. The lowest BCUT2D eigenvalue weighted by atomic mass is 11.2. The van der Waals surface area contributed by atoms with Crippen molar-refractivity contribution in [2.75, 3.05) is 0 Å². The number of esters is 2. The highest BCUT2D eigenvalue weighted by Crippen LogP contribution is 2.08. The van der Waals surface area contributed by atoms with E-state index in [9.17, 15) is 9.59 Å². The summed E-state index contributed by atoms with van der Waals surface area (Å²) in [5.74, 6) is -0.959. The summed E-state index contributed by atoms with van der Waals surface area (Å²) in [5.41, 5.74) is 0. The second-order valence-corrected chi connectivity index (χ2v) is 2.16. The number of hydrogen-bond acceptors (Lipinski definition) is 4. The second kappa shape index (κ2) is 2.28. The molecule has 4 nitrogen and oxygen atoms in total. The molecule has 0 amide bonds. The molecule has 0 unspecified atom stereocenters. The molecular formula is C6H8O4. The lowest BCUT2D eigenvalue weighted by molar-refractivity contribution is -0.191. The topological polar surface area (TPSA) is 52.6 Å². The van der Waals surface area contributed by atoms with E-state index in [4.69, 9.17) is 0 Å². The van der Waals surface area contributed by atoms with Crippen LogP contribution in [0.1, 0.15) is 13.8 Å². The van der Waals surface area contributed by atoms with Crippen LogP contribution in [-0.2, 0) is 19.1 Å². The molecule has 0 aromatic carbocycles. The first-order chi connectivity index (χ1) is 4.61. The molecule has 10 heavy (non-hydrogen) atoms. The van der Waals surface area contributed by atoms with Crippen LogP contribution in [0.3, 0.4) is 0 Å². The average Bonchev–Trinajstić information content (AvgIpc) is 1.84. The molecule has 1 aliphatic rings. The Morgan fingerprint density at radius 3 is 1.60 bits per heavy atom. The fourth-order valence-corrected chi connectivity index (χ4v) is 0.636. The lowest BCUT2D eigenvalue weighted by Crippen LogP contribution is -2.40. The van der Waals surface area contributed by atoms with Crippen LogP contribution in [0.2, 0.25) is 0 Å². The van der Waals surface area contributed by atoms with Gasteiger partial charge >= 0.3 is 11.9 Å². The van der Waals surface area contributed by atoms with Crippen LogP contribution in [0.4, 0.5) is 0 Å². The normalized spacial score (nSPS) is 33.0. The smallest absolute Gasteiger partial charge is 0.347 e. The molecule has 0 radical (unpaired) electrons. The summed E-state index contributed by atoms with van der Waals surface area (Å²) in [7, 11) is 0. The zero-order chi connectivity index (χ0) is 7.72. The maximum atomic E-state index is 10.7. The van der Waals surface area contributed by atoms with Crippen molar-refractivity contribution >= 4 is 11.9 Å². The van der Waals surface area contributed by atoms with Crippen LogP contribution >= 0.6 is 0 Å². The van der Waals surface area contributed by atoms with E-state index in [0.717, 1.165) is 0 Å². The van der Waals surface area contributed by atoms with Gasteiger partial charge in [0.05, 0.1) is 0 Å². The van der Waals surface area contributed by atoms with Crippen LogP contribution in [0.5, 0.6) is 0 Å². The van der Waals surface area contributed by atoms with Crippen molar-refractivity contribution < 1.29 is 19.1 Å². The highest BCUT2D eigenvalue weighted by atomic mass is 16.8. The first kappa shape index (κ1) is 7.05. The summed E-state index contributed by atoms with van der Waals surface area (Å²) in [4.78, 5) is 21.3. The Balaban J connectivity index is 2.63. The molecule has 1 rings (SSSR count). The largest absolute Gasteiger partial charge is 0.448 e. The molecule has 1 fully saturated rings. The second-order valence-electron chi connectivity index (χ2n) is 2.16. The van der Waals surface area contributed by atoms with Crippen LogP contribution in [-0.4, -0.2) is 24.1 Å². The van der Waals surface area contributed by atoms with E-state index in [-0.39, 0.29) is 0 Å². The Labute approximate surface area is 58.1 Å². The third-order valence-electron chi connectivity index (χ3n) is 1.25. The van der Waals surface area contributed by atoms with E-state index >= 15 is 0 Å². The molecule has 4 heteroatoms. The van der Waals surface area contributed by atoms with Crippen molar-refractivity contribution in [3.63, 3.8) is 0 Å². The zero-order valence-electron chi connectivity index (χ0n) is 5.79. The number of ether oxygens (including phenoxy) is 2. The molecule has 2 atom stereocenters. The van der Waals surface area contributed by atoms with Gasteiger partial charge in [-0.1, -0.05) is 0 Å². The molecule has 0 spiro atoms. The molecule has 0 N–H and O–H groups in total. The molecule has 0 aliphatic carbocycles. The molecule has 1 heterocycles. The summed E-state index contributed by atoms with van der Waals surface area (Å²) in [6.45, 7) is 2.96. The van der Waals surface area contributed by atoms with Gasteiger partial charge in [0.1, 0.15) is 0 Å². The monoisotopic (exact) mass is 150 g/mol. The third-order valence-corrected chi connectivity index (χ3v) is 1.25. The first-order valence-electron chi connectivity index (χ1n) is 3.02. The van der Waals surface area contributed by atoms with Gasteiger partial charge in [-0.3, -0.25) is 0 Å². The van der Waals surface area contributed by atoms with Gasteiger partial charge in [0, 0.05) is 0 Å². The van der Waals surface area contributed by atoms with E-state index in [1.807, 2.05) is 0 Å². The van der Waals surface area contributed by atoms with Gasteiger partial charge < -0.3 is 9.47 Å². The Bertz CT molecular complexity index is 155. The predicted octanol–water partition coefficient (Wildman–Crippen LogP) is -0.137. The molecule has 1 aliphatic heterocycles. The number of carbonyl (C=O) groups excluding carboxylic acids is 2. The van der Waals surface area contributed by atoms with Gasteiger partial charge in [-0.15, -0.1) is 0 Å². The maximum Gasteiger partial charge on any atom is 0.347 e. The summed E-state index contributed by atoms with van der Waals surface area (Å²) < 4.78 is 9.19. The van der Waals surface area contributed by atoms with Crippen molar-refractivity contribution in [2.45, 2.75) is 26.1 Å². The molecule has 0 aromatic rings. The fraction of sp³-hybridized carbons (Fsp3) is 0.667. The van der Waals surface area contributed by atoms with Crippen LogP contribution in [0, 0.1) is 0 Å². The van der Waals surface area contributed by atoms with E-state index in [1.54, 1.807) is 0 Å². The highest BCUT2D eigenvalue weighted by Gasteiger charge is 2.32. The average molecular weight is 150 g/mol. The van der Waals surface area contributed by atoms with Gasteiger partial charge in [0.2, 0.25) is 0 Å². The quantitative estimate of drug-likeness (QED) is 0.356. The molecule has 0 bridgehead atoms. The molecule has 0 saturated carbocycles. The Morgan fingerprint density at radius 1 is 1.00 bits per heavy atom. The third kappa shape index (κ3) is 1.10. The SMILES string of the molecule is [13CH3][13C@@H]1O[13C](=O)[13C@H]([13CH3])O[13C]1=O. The lowest BCUT2D eigenvalue weighted by Gasteiger charge is -2.22. The molecule has 56 valence electrons. The summed E-state index contributed by atoms with van der Waals surface area (Å²) in [6.07, 6.45) is -1.49. The van der Waals surface area contributed by atoms with Gasteiger partial charge in [0.15, 0.2) is 12.2 Å². The Hall–Kier alpha value is -1.06. The van der Waals surface area contributed by atoms with E-state index in [1.165, 1.54) is 13.8 Å². The van der Waals surface area contributed by atoms with Crippen molar-refractivity contribution in [3.05, 3.63) is 0 Å². The molecule has 1 saturated heterocycles. The summed E-state index contributed by atoms with van der Waals surface area (Å²) >= 11 is 0. The van der Waals surface area contributed by atoms with Crippen molar-refractivity contribution in [2.24, 2.45) is 0 Å². The van der Waals surface area contributed by atoms with Gasteiger partial charge in [-0.25, -0.2) is 9.59 Å². The number of rotatable bonds is 0. The van der Waals surface area contributed by atoms with E-state index in [2.05, 4.69) is 9.47 Å². The minimum atomic E-state index is -0.747. The number of carbonyl (C=O) groups is 2. The van der Waals surface area contributed by atoms with Crippen LogP contribution in [0.25, 0.3) is 0 Å². The zero-order valence-corrected chi connectivity index (χ0v) is 5.79. The maximum absolute atomic E-state index is 10.7. The van der Waals surface area contributed by atoms with Crippen molar-refractivity contribution in [1.82, 2.24) is 0 Å².